The predicted octanol–water partition coefficient (Wildman–Crippen LogP) is 0.871. The lowest BCUT2D eigenvalue weighted by atomic mass is 10.2. The average molecular weight is 274 g/mol. The first kappa shape index (κ1) is 14.3. The lowest BCUT2D eigenvalue weighted by molar-refractivity contribution is -0.134. The highest BCUT2D eigenvalue weighted by atomic mass is 32.2. The summed E-state index contributed by atoms with van der Waals surface area (Å²) in [5, 5.41) is 8.60. The van der Waals surface area contributed by atoms with Crippen molar-refractivity contribution >= 4 is 15.8 Å². The normalized spacial score (nSPS) is 11.1. The third-order valence-corrected chi connectivity index (χ3v) is 3.95. The molecule has 0 heterocycles. The molecule has 0 spiro atoms. The zero-order chi connectivity index (χ0) is 13.9. The topological polar surface area (TPSA) is 89.9 Å². The molecule has 0 aliphatic carbocycles. The van der Waals surface area contributed by atoms with Gasteiger partial charge >= 0.3 is 5.97 Å². The number of methoxy groups -OCH3 is 2. The molecule has 1 N–H and O–H groups in total. The van der Waals surface area contributed by atoms with Crippen molar-refractivity contribution in [1.29, 1.82) is 0 Å². The number of aliphatic carboxylic acids is 1. The van der Waals surface area contributed by atoms with Crippen LogP contribution in [0.4, 0.5) is 0 Å². The van der Waals surface area contributed by atoms with Crippen molar-refractivity contribution in [2.24, 2.45) is 0 Å². The lowest BCUT2D eigenvalue weighted by Crippen LogP contribution is -2.16. The Hall–Kier alpha value is -1.76. The Labute approximate surface area is 105 Å². The van der Waals surface area contributed by atoms with Crippen LogP contribution in [0, 0.1) is 6.92 Å². The second-order valence-electron chi connectivity index (χ2n) is 3.63. The maximum atomic E-state index is 11.9. The van der Waals surface area contributed by atoms with E-state index in [-0.39, 0.29) is 10.6 Å². The number of ether oxygens (including phenoxy) is 2. The van der Waals surface area contributed by atoms with Crippen LogP contribution in [-0.4, -0.2) is 39.5 Å². The molecular weight excluding hydrogens is 260 g/mol. The van der Waals surface area contributed by atoms with Crippen LogP contribution in [0.3, 0.4) is 0 Å². The molecule has 0 bridgehead atoms. The molecule has 0 saturated carbocycles. The highest BCUT2D eigenvalue weighted by Gasteiger charge is 2.24. The molecule has 0 aromatic heterocycles. The molecule has 0 unspecified atom stereocenters. The van der Waals surface area contributed by atoms with Gasteiger partial charge in [-0.1, -0.05) is 0 Å². The van der Waals surface area contributed by atoms with Gasteiger partial charge in [0.2, 0.25) is 0 Å². The van der Waals surface area contributed by atoms with Gasteiger partial charge in [0.25, 0.3) is 0 Å². The molecule has 1 aromatic carbocycles. The van der Waals surface area contributed by atoms with E-state index in [1.165, 1.54) is 26.4 Å². The third kappa shape index (κ3) is 2.92. The van der Waals surface area contributed by atoms with Crippen molar-refractivity contribution in [3.05, 3.63) is 17.7 Å². The number of rotatable bonds is 5. The number of sulfone groups is 1. The van der Waals surface area contributed by atoms with Gasteiger partial charge in [0, 0.05) is 6.07 Å². The number of carboxylic acids is 1. The quantitative estimate of drug-likeness (QED) is 0.857. The van der Waals surface area contributed by atoms with Crippen molar-refractivity contribution < 1.29 is 27.8 Å². The van der Waals surface area contributed by atoms with Gasteiger partial charge in [-0.05, 0) is 18.6 Å². The molecular formula is C11H14O6S. The Bertz CT molecular complexity index is 561. The van der Waals surface area contributed by atoms with Crippen LogP contribution in [0.25, 0.3) is 0 Å². The fourth-order valence-electron chi connectivity index (χ4n) is 1.51. The van der Waals surface area contributed by atoms with E-state index in [9.17, 15) is 13.2 Å². The molecule has 1 aromatic rings. The van der Waals surface area contributed by atoms with Gasteiger partial charge in [-0.2, -0.15) is 0 Å². The molecule has 0 amide bonds. The molecule has 7 heteroatoms. The van der Waals surface area contributed by atoms with Gasteiger partial charge in [0.05, 0.1) is 14.2 Å². The Morgan fingerprint density at radius 3 is 2.22 bits per heavy atom. The summed E-state index contributed by atoms with van der Waals surface area (Å²) >= 11 is 0. The zero-order valence-corrected chi connectivity index (χ0v) is 11.1. The Kier molecular flexibility index (Phi) is 4.18. The first-order valence-corrected chi connectivity index (χ1v) is 6.64. The number of carbonyl (C=O) groups is 1. The van der Waals surface area contributed by atoms with Crippen molar-refractivity contribution in [3.8, 4) is 11.5 Å². The molecule has 0 aliphatic heterocycles. The molecule has 0 saturated heterocycles. The SMILES string of the molecule is COc1cc(S(=O)(=O)CC(=O)O)c(OC)cc1C. The average Bonchev–Trinajstić information content (AvgIpc) is 2.26. The van der Waals surface area contributed by atoms with Crippen LogP contribution >= 0.6 is 0 Å². The molecule has 100 valence electrons. The van der Waals surface area contributed by atoms with Gasteiger partial charge in [0.1, 0.15) is 16.4 Å². The molecule has 0 fully saturated rings. The summed E-state index contributed by atoms with van der Waals surface area (Å²) in [7, 11) is -1.23. The molecule has 6 nitrogen and oxygen atoms in total. The highest BCUT2D eigenvalue weighted by molar-refractivity contribution is 7.92. The summed E-state index contributed by atoms with van der Waals surface area (Å²) < 4.78 is 33.8. The number of hydrogen-bond donors (Lipinski definition) is 1. The monoisotopic (exact) mass is 274 g/mol. The van der Waals surface area contributed by atoms with E-state index in [1.807, 2.05) is 0 Å². The zero-order valence-electron chi connectivity index (χ0n) is 10.3. The molecule has 0 atom stereocenters. The van der Waals surface area contributed by atoms with Crippen molar-refractivity contribution in [2.75, 3.05) is 20.0 Å². The lowest BCUT2D eigenvalue weighted by Gasteiger charge is -2.12. The second kappa shape index (κ2) is 5.26. The molecule has 0 aliphatic rings. The summed E-state index contributed by atoms with van der Waals surface area (Å²) in [4.78, 5) is 10.4. The minimum Gasteiger partial charge on any atom is -0.496 e. The van der Waals surface area contributed by atoms with E-state index < -0.39 is 21.6 Å². The van der Waals surface area contributed by atoms with Crippen LogP contribution in [0.1, 0.15) is 5.56 Å². The minimum absolute atomic E-state index is 0.106. The van der Waals surface area contributed by atoms with E-state index in [0.717, 1.165) is 0 Å². The minimum atomic E-state index is -3.96. The molecule has 1 rings (SSSR count). The fraction of sp³-hybridized carbons (Fsp3) is 0.364. The Balaban J connectivity index is 3.43. The highest BCUT2D eigenvalue weighted by Crippen LogP contribution is 2.32. The van der Waals surface area contributed by atoms with E-state index in [0.29, 0.717) is 11.3 Å². The maximum absolute atomic E-state index is 11.9. The largest absolute Gasteiger partial charge is 0.496 e. The van der Waals surface area contributed by atoms with Crippen LogP contribution in [-0.2, 0) is 14.6 Å². The van der Waals surface area contributed by atoms with Gasteiger partial charge < -0.3 is 14.6 Å². The number of benzene rings is 1. The predicted molar refractivity (Wildman–Crippen MR) is 64.0 cm³/mol. The summed E-state index contributed by atoms with van der Waals surface area (Å²) in [6.07, 6.45) is 0. The summed E-state index contributed by atoms with van der Waals surface area (Å²) in [5.41, 5.74) is 0.698. The first-order chi connectivity index (χ1) is 8.31. The van der Waals surface area contributed by atoms with Crippen LogP contribution < -0.4 is 9.47 Å². The first-order valence-electron chi connectivity index (χ1n) is 4.99. The van der Waals surface area contributed by atoms with Crippen LogP contribution in [0.2, 0.25) is 0 Å². The Morgan fingerprint density at radius 1 is 1.22 bits per heavy atom. The molecule has 18 heavy (non-hydrogen) atoms. The van der Waals surface area contributed by atoms with Gasteiger partial charge in [-0.3, -0.25) is 4.79 Å². The van der Waals surface area contributed by atoms with Crippen LogP contribution in [0.15, 0.2) is 17.0 Å². The number of carboxylic acid groups (broad SMARTS) is 1. The van der Waals surface area contributed by atoms with E-state index in [1.54, 1.807) is 6.92 Å². The Morgan fingerprint density at radius 2 is 1.78 bits per heavy atom. The third-order valence-electron chi connectivity index (χ3n) is 2.33. The van der Waals surface area contributed by atoms with E-state index in [2.05, 4.69) is 0 Å². The standard InChI is InChI=1S/C11H14O6S/c1-7-4-9(17-3)10(5-8(7)16-2)18(14,15)6-11(12)13/h4-5H,6H2,1-3H3,(H,12,13). The van der Waals surface area contributed by atoms with Gasteiger partial charge in [0.15, 0.2) is 15.6 Å². The van der Waals surface area contributed by atoms with Crippen molar-refractivity contribution in [3.63, 3.8) is 0 Å². The molecule has 0 radical (unpaired) electrons. The number of aryl methyl sites for hydroxylation is 1. The van der Waals surface area contributed by atoms with Crippen molar-refractivity contribution in [1.82, 2.24) is 0 Å². The summed E-state index contributed by atoms with van der Waals surface area (Å²) in [6, 6.07) is 2.76. The summed E-state index contributed by atoms with van der Waals surface area (Å²) in [5.74, 6) is -1.94. The van der Waals surface area contributed by atoms with Gasteiger partial charge in [-0.15, -0.1) is 0 Å². The maximum Gasteiger partial charge on any atom is 0.319 e. The second-order valence-corrected chi connectivity index (χ2v) is 5.58. The van der Waals surface area contributed by atoms with Crippen molar-refractivity contribution in [2.45, 2.75) is 11.8 Å². The van der Waals surface area contributed by atoms with Gasteiger partial charge in [-0.25, -0.2) is 8.42 Å². The van der Waals surface area contributed by atoms with E-state index >= 15 is 0 Å². The smallest absolute Gasteiger partial charge is 0.319 e. The summed E-state index contributed by atoms with van der Waals surface area (Å²) in [6.45, 7) is 1.73. The number of hydrogen-bond acceptors (Lipinski definition) is 5. The fourth-order valence-corrected chi connectivity index (χ4v) is 2.72. The van der Waals surface area contributed by atoms with Crippen LogP contribution in [0.5, 0.6) is 11.5 Å². The van der Waals surface area contributed by atoms with E-state index in [4.69, 9.17) is 14.6 Å².